The Kier molecular flexibility index (Phi) is 3.74. The maximum atomic E-state index is 5.17. The van der Waals surface area contributed by atoms with Crippen LogP contribution in [0.25, 0.3) is 17.2 Å². The van der Waals surface area contributed by atoms with Gasteiger partial charge >= 0.3 is 0 Å². The highest BCUT2D eigenvalue weighted by atomic mass is 16.5. The van der Waals surface area contributed by atoms with Crippen LogP contribution in [0, 0.1) is 6.92 Å². The van der Waals surface area contributed by atoms with Gasteiger partial charge in [0.25, 0.3) is 0 Å². The van der Waals surface area contributed by atoms with Crippen molar-refractivity contribution in [3.63, 3.8) is 0 Å². The summed E-state index contributed by atoms with van der Waals surface area (Å²) in [6, 6.07) is 15.3. The van der Waals surface area contributed by atoms with Crippen LogP contribution in [-0.2, 0) is 0 Å². The molecule has 7 heteroatoms. The van der Waals surface area contributed by atoms with Crippen molar-refractivity contribution in [1.29, 1.82) is 0 Å². The Labute approximate surface area is 144 Å². The van der Waals surface area contributed by atoms with Gasteiger partial charge in [-0.2, -0.15) is 4.52 Å². The van der Waals surface area contributed by atoms with Crippen molar-refractivity contribution in [3.05, 3.63) is 60.3 Å². The van der Waals surface area contributed by atoms with Crippen molar-refractivity contribution < 1.29 is 4.74 Å². The van der Waals surface area contributed by atoms with Gasteiger partial charge in [0.2, 0.25) is 5.82 Å². The monoisotopic (exact) mass is 332 g/mol. The molecule has 4 aromatic rings. The Bertz CT molecular complexity index is 1010. The van der Waals surface area contributed by atoms with E-state index in [4.69, 9.17) is 4.74 Å². The van der Waals surface area contributed by atoms with E-state index in [-0.39, 0.29) is 0 Å². The zero-order chi connectivity index (χ0) is 17.2. The van der Waals surface area contributed by atoms with Gasteiger partial charge in [-0.3, -0.25) is 4.98 Å². The van der Waals surface area contributed by atoms with Crippen molar-refractivity contribution in [3.8, 4) is 17.3 Å². The van der Waals surface area contributed by atoms with E-state index >= 15 is 0 Å². The van der Waals surface area contributed by atoms with Gasteiger partial charge in [-0.15, -0.1) is 15.3 Å². The maximum Gasteiger partial charge on any atom is 0.203 e. The number of nitrogens with one attached hydrogen (secondary N) is 1. The Balaban J connectivity index is 1.68. The molecule has 1 N–H and O–H groups in total. The zero-order valence-corrected chi connectivity index (χ0v) is 13.8. The van der Waals surface area contributed by atoms with Crippen LogP contribution in [0.1, 0.15) is 5.56 Å². The molecular formula is C18H16N6O. The summed E-state index contributed by atoms with van der Waals surface area (Å²) in [6.45, 7) is 1.99. The first-order valence-electron chi connectivity index (χ1n) is 7.79. The molecule has 0 aliphatic heterocycles. The molecular weight excluding hydrogens is 316 g/mol. The smallest absolute Gasteiger partial charge is 0.203 e. The second-order valence-corrected chi connectivity index (χ2v) is 5.59. The first-order valence-corrected chi connectivity index (χ1v) is 7.79. The van der Waals surface area contributed by atoms with Crippen LogP contribution in [0.3, 0.4) is 0 Å². The fourth-order valence-corrected chi connectivity index (χ4v) is 2.44. The number of hydrogen-bond donors (Lipinski definition) is 1. The van der Waals surface area contributed by atoms with Gasteiger partial charge in [0.15, 0.2) is 11.5 Å². The van der Waals surface area contributed by atoms with Crippen molar-refractivity contribution in [2.45, 2.75) is 6.92 Å². The molecule has 0 saturated carbocycles. The minimum absolute atomic E-state index is 0.605. The molecule has 124 valence electrons. The van der Waals surface area contributed by atoms with E-state index in [0.29, 0.717) is 17.3 Å². The number of aryl methyl sites for hydroxylation is 1. The molecule has 3 heterocycles. The number of nitrogens with zero attached hydrogens (tertiary/aromatic N) is 5. The molecule has 7 nitrogen and oxygen atoms in total. The first kappa shape index (κ1) is 15.1. The highest BCUT2D eigenvalue weighted by Crippen LogP contribution is 2.20. The van der Waals surface area contributed by atoms with Crippen molar-refractivity contribution in [2.24, 2.45) is 0 Å². The summed E-state index contributed by atoms with van der Waals surface area (Å²) in [6.07, 6.45) is 1.80. The molecule has 0 fully saturated rings. The SMILES string of the molecule is COc1ccc(Nc2ccc3nnc(-c4ccc(C)cn4)n3n2)cc1. The second kappa shape index (κ2) is 6.20. The highest BCUT2D eigenvalue weighted by Gasteiger charge is 2.11. The molecule has 0 radical (unpaired) electrons. The number of aromatic nitrogens is 5. The maximum absolute atomic E-state index is 5.17. The van der Waals surface area contributed by atoms with E-state index in [1.807, 2.05) is 55.5 Å². The number of hydrogen-bond acceptors (Lipinski definition) is 6. The van der Waals surface area contributed by atoms with E-state index in [0.717, 1.165) is 22.7 Å². The Morgan fingerprint density at radius 2 is 1.80 bits per heavy atom. The predicted molar refractivity (Wildman–Crippen MR) is 95.0 cm³/mol. The molecule has 3 aromatic heterocycles. The summed E-state index contributed by atoms with van der Waals surface area (Å²) in [4.78, 5) is 4.41. The second-order valence-electron chi connectivity index (χ2n) is 5.59. The predicted octanol–water partition coefficient (Wildman–Crippen LogP) is 3.25. The largest absolute Gasteiger partial charge is 0.497 e. The number of methoxy groups -OCH3 is 1. The minimum atomic E-state index is 0.605. The molecule has 0 bridgehead atoms. The summed E-state index contributed by atoms with van der Waals surface area (Å²) in [5.41, 5.74) is 3.40. The van der Waals surface area contributed by atoms with Gasteiger partial charge in [-0.1, -0.05) is 6.07 Å². The van der Waals surface area contributed by atoms with E-state index in [9.17, 15) is 0 Å². The Morgan fingerprint density at radius 1 is 0.960 bits per heavy atom. The van der Waals surface area contributed by atoms with Gasteiger partial charge in [0, 0.05) is 11.9 Å². The zero-order valence-electron chi connectivity index (χ0n) is 13.8. The van der Waals surface area contributed by atoms with E-state index < -0.39 is 0 Å². The lowest BCUT2D eigenvalue weighted by Crippen LogP contribution is -2.01. The third-order valence-corrected chi connectivity index (χ3v) is 3.77. The van der Waals surface area contributed by atoms with Gasteiger partial charge < -0.3 is 10.1 Å². The molecule has 0 aliphatic rings. The lowest BCUT2D eigenvalue weighted by atomic mass is 10.3. The van der Waals surface area contributed by atoms with Crippen LogP contribution in [0.5, 0.6) is 5.75 Å². The standard InChI is InChI=1S/C18H16N6O/c1-12-3-8-15(19-11-12)18-22-21-17-10-9-16(23-24(17)18)20-13-4-6-14(25-2)7-5-13/h3-11H,1-2H3,(H,20,23). The van der Waals surface area contributed by atoms with Crippen LogP contribution in [-0.4, -0.2) is 31.9 Å². The van der Waals surface area contributed by atoms with E-state index in [2.05, 4.69) is 25.6 Å². The molecule has 0 spiro atoms. The van der Waals surface area contributed by atoms with Crippen LogP contribution in [0.2, 0.25) is 0 Å². The van der Waals surface area contributed by atoms with Gasteiger partial charge in [-0.25, -0.2) is 0 Å². The van der Waals surface area contributed by atoms with Gasteiger partial charge in [0.1, 0.15) is 11.4 Å². The van der Waals surface area contributed by atoms with Gasteiger partial charge in [-0.05, 0) is 55.0 Å². The highest BCUT2D eigenvalue weighted by molar-refractivity contribution is 5.60. The topological polar surface area (TPSA) is 77.2 Å². The number of rotatable bonds is 4. The molecule has 4 rings (SSSR count). The average Bonchev–Trinajstić information content (AvgIpc) is 3.06. The van der Waals surface area contributed by atoms with Crippen LogP contribution in [0.15, 0.2) is 54.7 Å². The fraction of sp³-hybridized carbons (Fsp3) is 0.111. The number of benzene rings is 1. The summed E-state index contributed by atoms with van der Waals surface area (Å²) in [5, 5.41) is 16.2. The normalized spacial score (nSPS) is 10.8. The minimum Gasteiger partial charge on any atom is -0.497 e. The molecule has 0 unspecified atom stereocenters. The van der Waals surface area contributed by atoms with Crippen molar-refractivity contribution in [1.82, 2.24) is 24.8 Å². The summed E-state index contributed by atoms with van der Waals surface area (Å²) in [7, 11) is 1.64. The lowest BCUT2D eigenvalue weighted by Gasteiger charge is -2.07. The molecule has 0 amide bonds. The first-order chi connectivity index (χ1) is 12.2. The number of pyridine rings is 1. The fourth-order valence-electron chi connectivity index (χ4n) is 2.44. The number of anilines is 2. The third kappa shape index (κ3) is 2.99. The number of fused-ring (bicyclic) bond motifs is 1. The van der Waals surface area contributed by atoms with Crippen LogP contribution >= 0.6 is 0 Å². The quantitative estimate of drug-likeness (QED) is 0.618. The molecule has 1 aromatic carbocycles. The van der Waals surface area contributed by atoms with E-state index in [1.54, 1.807) is 17.8 Å². The number of ether oxygens (including phenoxy) is 1. The molecule has 0 saturated heterocycles. The third-order valence-electron chi connectivity index (χ3n) is 3.77. The van der Waals surface area contributed by atoms with Crippen molar-refractivity contribution >= 4 is 17.2 Å². The van der Waals surface area contributed by atoms with Crippen molar-refractivity contribution in [2.75, 3.05) is 12.4 Å². The summed E-state index contributed by atoms with van der Waals surface area (Å²) >= 11 is 0. The van der Waals surface area contributed by atoms with Crippen LogP contribution in [0.4, 0.5) is 11.5 Å². The molecule has 25 heavy (non-hydrogen) atoms. The van der Waals surface area contributed by atoms with E-state index in [1.165, 1.54) is 0 Å². The summed E-state index contributed by atoms with van der Waals surface area (Å²) < 4.78 is 6.85. The van der Waals surface area contributed by atoms with Gasteiger partial charge in [0.05, 0.1) is 7.11 Å². The summed E-state index contributed by atoms with van der Waals surface area (Å²) in [5.74, 6) is 2.10. The average molecular weight is 332 g/mol. The Morgan fingerprint density at radius 3 is 2.52 bits per heavy atom. The van der Waals surface area contributed by atoms with Crippen LogP contribution < -0.4 is 10.1 Å². The lowest BCUT2D eigenvalue weighted by molar-refractivity contribution is 0.415. The Hall–Kier alpha value is -3.48. The molecule has 0 aliphatic carbocycles. The molecule has 0 atom stereocenters.